The Morgan fingerprint density at radius 3 is 2.42 bits per heavy atom. The van der Waals surface area contributed by atoms with Crippen molar-refractivity contribution in [1.29, 1.82) is 0 Å². The molecular weight excluding hydrogens is 691 g/mol. The van der Waals surface area contributed by atoms with Gasteiger partial charge in [0.2, 0.25) is 5.88 Å². The van der Waals surface area contributed by atoms with Gasteiger partial charge in [-0.15, -0.1) is 0 Å². The molecule has 6 aliphatic rings. The van der Waals surface area contributed by atoms with E-state index in [-0.39, 0.29) is 51.9 Å². The number of aliphatic carboxylic acids is 1. The number of aliphatic hydroxyl groups is 2. The normalized spacial score (nSPS) is 41.0. The molecule has 6 N–H and O–H groups in total. The predicted molar refractivity (Wildman–Crippen MR) is 214 cm³/mol. The van der Waals surface area contributed by atoms with E-state index < -0.39 is 23.4 Å². The lowest BCUT2D eigenvalue weighted by Gasteiger charge is -2.72. The number of hydrogen-bond acceptors (Lipinski definition) is 7. The second kappa shape index (κ2) is 14.1. The summed E-state index contributed by atoms with van der Waals surface area (Å²) in [6, 6.07) is 3.16. The zero-order valence-electron chi connectivity index (χ0n) is 34.3. The molecule has 4 fully saturated rings. The van der Waals surface area contributed by atoms with Crippen molar-refractivity contribution >= 4 is 11.9 Å². The van der Waals surface area contributed by atoms with Crippen LogP contribution in [0.15, 0.2) is 53.8 Å². The second-order valence-electron chi connectivity index (χ2n) is 20.1. The van der Waals surface area contributed by atoms with Crippen LogP contribution in [0.2, 0.25) is 0 Å². The van der Waals surface area contributed by atoms with Crippen LogP contribution in [0.4, 0.5) is 0 Å². The van der Waals surface area contributed by atoms with Gasteiger partial charge in [0.05, 0.1) is 12.7 Å². The highest BCUT2D eigenvalue weighted by atomic mass is 16.5. The first kappa shape index (κ1) is 40.2. The van der Waals surface area contributed by atoms with Gasteiger partial charge in [-0.2, -0.15) is 0 Å². The number of rotatable bonds is 11. The van der Waals surface area contributed by atoms with E-state index in [2.05, 4.69) is 70.6 Å². The first-order chi connectivity index (χ1) is 25.9. The number of hydrogen-bond donors (Lipinski definition) is 5. The van der Waals surface area contributed by atoms with Gasteiger partial charge in [0, 0.05) is 18.3 Å². The monoisotopic (exact) mass is 758 g/mol. The average Bonchev–Trinajstić information content (AvgIpc) is 3.54. The van der Waals surface area contributed by atoms with Gasteiger partial charge in [-0.1, -0.05) is 58.9 Å². The number of ether oxygens (including phenoxy) is 1. The van der Waals surface area contributed by atoms with Gasteiger partial charge >= 0.3 is 5.97 Å². The van der Waals surface area contributed by atoms with Crippen molar-refractivity contribution in [3.63, 3.8) is 0 Å². The molecule has 1 aromatic heterocycles. The highest BCUT2D eigenvalue weighted by molar-refractivity contribution is 5.95. The van der Waals surface area contributed by atoms with Crippen molar-refractivity contribution in [3.8, 4) is 5.88 Å². The Morgan fingerprint density at radius 2 is 1.76 bits per heavy atom. The molecule has 4 saturated carbocycles. The third-order valence-electron chi connectivity index (χ3n) is 17.5. The van der Waals surface area contributed by atoms with Crippen molar-refractivity contribution in [2.45, 2.75) is 130 Å². The number of amides is 1. The maximum absolute atomic E-state index is 12.8. The van der Waals surface area contributed by atoms with E-state index in [4.69, 9.17) is 10.5 Å². The minimum atomic E-state index is -1.11. The quantitative estimate of drug-likeness (QED) is 0.144. The number of carboxylic acid groups (broad SMARTS) is 1. The number of nitrogens with one attached hydrogen (secondary N) is 1. The molecular formula is C46H67N3O6. The van der Waals surface area contributed by atoms with Crippen LogP contribution in [0, 0.1) is 56.7 Å². The van der Waals surface area contributed by atoms with E-state index in [1.54, 1.807) is 12.1 Å². The summed E-state index contributed by atoms with van der Waals surface area (Å²) in [5.41, 5.74) is 9.02. The molecule has 0 spiro atoms. The number of pyridine rings is 1. The number of aromatic nitrogens is 1. The Kier molecular flexibility index (Phi) is 10.3. The third kappa shape index (κ3) is 6.16. The zero-order valence-corrected chi connectivity index (χ0v) is 34.3. The molecule has 0 aromatic carbocycles. The Morgan fingerprint density at radius 1 is 1.00 bits per heavy atom. The average molecular weight is 758 g/mol. The van der Waals surface area contributed by atoms with Crippen molar-refractivity contribution in [1.82, 2.24) is 10.3 Å². The highest BCUT2D eigenvalue weighted by Gasteiger charge is 2.70. The summed E-state index contributed by atoms with van der Waals surface area (Å²) >= 11 is 0. The van der Waals surface area contributed by atoms with Gasteiger partial charge in [0.15, 0.2) is 0 Å². The van der Waals surface area contributed by atoms with Crippen LogP contribution in [0.25, 0.3) is 0 Å². The SMILES string of the molecule is C=C(C)[C@@H]1CC[C@]2(NC[C@@H](O)CO)CC[C@]3(C)[C@H](CC[C@@H]4[C@@]5(C)CC=C(C6=CC[C@](COc7ncccc7C(N)=O)(C(=O)O)CC6)C(C)(C)[C@@H]5CC[C@]43C)[C@@H]12. The van der Waals surface area contributed by atoms with Crippen molar-refractivity contribution in [2.75, 3.05) is 19.8 Å². The topological polar surface area (TPSA) is 155 Å². The first-order valence-electron chi connectivity index (χ1n) is 21.1. The fraction of sp³-hybridized carbons (Fsp3) is 0.717. The number of aliphatic hydroxyl groups excluding tert-OH is 2. The lowest BCUT2D eigenvalue weighted by molar-refractivity contribution is -0.221. The van der Waals surface area contributed by atoms with Gasteiger partial charge < -0.3 is 31.1 Å². The van der Waals surface area contributed by atoms with Gasteiger partial charge in [0.25, 0.3) is 5.91 Å². The molecule has 0 saturated heterocycles. The van der Waals surface area contributed by atoms with Gasteiger partial charge in [-0.05, 0) is 159 Å². The minimum Gasteiger partial charge on any atom is -0.481 e. The predicted octanol–water partition coefficient (Wildman–Crippen LogP) is 7.63. The minimum absolute atomic E-state index is 0.0122. The van der Waals surface area contributed by atoms with E-state index in [1.165, 1.54) is 55.0 Å². The molecule has 55 heavy (non-hydrogen) atoms. The van der Waals surface area contributed by atoms with E-state index in [0.29, 0.717) is 55.4 Å². The summed E-state index contributed by atoms with van der Waals surface area (Å²) in [5, 5.41) is 34.4. The summed E-state index contributed by atoms with van der Waals surface area (Å²) in [6.45, 7) is 19.7. The molecule has 1 amide bonds. The first-order valence-corrected chi connectivity index (χ1v) is 21.1. The summed E-state index contributed by atoms with van der Waals surface area (Å²) < 4.78 is 5.92. The highest BCUT2D eigenvalue weighted by Crippen LogP contribution is 2.76. The molecule has 9 nitrogen and oxygen atoms in total. The van der Waals surface area contributed by atoms with Crippen molar-refractivity contribution in [3.05, 3.63) is 59.3 Å². The smallest absolute Gasteiger partial charge is 0.313 e. The van der Waals surface area contributed by atoms with E-state index >= 15 is 0 Å². The van der Waals surface area contributed by atoms with Crippen LogP contribution in [-0.4, -0.2) is 63.6 Å². The fourth-order valence-electron chi connectivity index (χ4n) is 14.4. The number of allylic oxidation sites excluding steroid dienone is 5. The van der Waals surface area contributed by atoms with Crippen LogP contribution in [-0.2, 0) is 4.79 Å². The van der Waals surface area contributed by atoms with Crippen LogP contribution in [0.3, 0.4) is 0 Å². The molecule has 0 bridgehead atoms. The maximum Gasteiger partial charge on any atom is 0.313 e. The molecule has 9 heteroatoms. The van der Waals surface area contributed by atoms with E-state index in [1.807, 2.05) is 0 Å². The number of carboxylic acids is 1. The summed E-state index contributed by atoms with van der Waals surface area (Å²) in [6.07, 6.45) is 17.4. The number of nitrogens with two attached hydrogens (primary N) is 1. The molecule has 0 unspecified atom stereocenters. The Hall–Kier alpha value is -3.01. The van der Waals surface area contributed by atoms with Crippen molar-refractivity contribution < 1.29 is 29.6 Å². The molecule has 7 rings (SSSR count). The van der Waals surface area contributed by atoms with Crippen LogP contribution in [0.1, 0.15) is 129 Å². The van der Waals surface area contributed by atoms with Crippen molar-refractivity contribution in [2.24, 2.45) is 62.4 Å². The number of carbonyl (C=O) groups is 2. The molecule has 0 radical (unpaired) electrons. The number of carbonyl (C=O) groups excluding carboxylic acids is 1. The number of β-amino-alcohol motifs (C(OH)–C–C–N with tert-alkyl or cyclic N) is 1. The Balaban J connectivity index is 1.13. The Labute approximate surface area is 328 Å². The van der Waals surface area contributed by atoms with E-state index in [9.17, 15) is 24.9 Å². The summed E-state index contributed by atoms with van der Waals surface area (Å²) in [5.74, 6) is 1.20. The van der Waals surface area contributed by atoms with Gasteiger partial charge in [-0.25, -0.2) is 4.98 Å². The van der Waals surface area contributed by atoms with Crippen LogP contribution >= 0.6 is 0 Å². The third-order valence-corrected chi connectivity index (χ3v) is 17.5. The maximum atomic E-state index is 12.8. The molecule has 302 valence electrons. The lowest BCUT2D eigenvalue weighted by atomic mass is 9.33. The Bertz CT molecular complexity index is 1770. The molecule has 6 aliphatic carbocycles. The van der Waals surface area contributed by atoms with Crippen LogP contribution in [0.5, 0.6) is 5.88 Å². The largest absolute Gasteiger partial charge is 0.481 e. The molecule has 0 aliphatic heterocycles. The number of nitrogens with zero attached hydrogens (tertiary/aromatic N) is 1. The lowest BCUT2D eigenvalue weighted by Crippen LogP contribution is -2.68. The number of primary amides is 1. The standard InChI is InChI=1S/C46H67N3O6/c1-28(2)31-14-21-46(49-25-30(51)26-50)23-22-43(6)34(37(31)46)10-11-36-42(5)17-15-33(41(3,4)35(42)16-18-44(36,43)7)29-12-19-45(20-13-29,40(53)54)27-55-39-32(38(47)52)9-8-24-48-39/h8-9,12,15,24,30-31,34-37,49-51H,1,10-11,13-14,16-23,25-27H2,2-7H3,(H2,47,52)(H,53,54)/t30-,31+,34-,35+,36-,37-,42+,43-,44-,45+,46+/m1/s1. The second-order valence-corrected chi connectivity index (χ2v) is 20.1. The summed E-state index contributed by atoms with van der Waals surface area (Å²) in [4.78, 5) is 28.9. The van der Waals surface area contributed by atoms with Crippen LogP contribution < -0.4 is 15.8 Å². The fourth-order valence-corrected chi connectivity index (χ4v) is 14.4. The number of fused-ring (bicyclic) bond motifs is 7. The molecule has 11 atom stereocenters. The van der Waals surface area contributed by atoms with E-state index in [0.717, 1.165) is 25.7 Å². The van der Waals surface area contributed by atoms with Gasteiger partial charge in [0.1, 0.15) is 17.6 Å². The van der Waals surface area contributed by atoms with Gasteiger partial charge in [-0.3, -0.25) is 9.59 Å². The molecule has 1 heterocycles. The zero-order chi connectivity index (χ0) is 39.8. The molecule has 1 aromatic rings. The summed E-state index contributed by atoms with van der Waals surface area (Å²) in [7, 11) is 0.